The number of ether oxygens (including phenoxy) is 1. The molecule has 0 spiro atoms. The molecule has 3 aromatic rings. The predicted octanol–water partition coefficient (Wildman–Crippen LogP) is 5.33. The van der Waals surface area contributed by atoms with Crippen LogP contribution in [0.5, 0.6) is 5.75 Å². The third-order valence-electron chi connectivity index (χ3n) is 3.96. The van der Waals surface area contributed by atoms with Crippen LogP contribution < -0.4 is 10.1 Å². The van der Waals surface area contributed by atoms with Crippen LogP contribution >= 0.6 is 22.9 Å². The molecule has 0 fully saturated rings. The Bertz CT molecular complexity index is 1070. The number of benzene rings is 2. The highest BCUT2D eigenvalue weighted by atomic mass is 35.5. The third kappa shape index (κ3) is 5.67. The van der Waals surface area contributed by atoms with E-state index in [1.165, 1.54) is 17.4 Å². The summed E-state index contributed by atoms with van der Waals surface area (Å²) < 4.78 is 5.39. The Morgan fingerprint density at radius 3 is 2.72 bits per heavy atom. The van der Waals surface area contributed by atoms with Crippen LogP contribution in [0.25, 0.3) is 6.08 Å². The SMILES string of the molecule is CCOc1ccc(C=C(C#N)C(=O)Nc2ncc(Cc3ccccc3Cl)s2)cc1. The lowest BCUT2D eigenvalue weighted by molar-refractivity contribution is -0.112. The van der Waals surface area contributed by atoms with E-state index in [0.29, 0.717) is 23.2 Å². The highest BCUT2D eigenvalue weighted by Crippen LogP contribution is 2.25. The number of halogens is 1. The summed E-state index contributed by atoms with van der Waals surface area (Å²) >= 11 is 7.54. The van der Waals surface area contributed by atoms with Gasteiger partial charge in [-0.15, -0.1) is 11.3 Å². The van der Waals surface area contributed by atoms with Crippen molar-refractivity contribution in [3.8, 4) is 11.8 Å². The first-order chi connectivity index (χ1) is 14.1. The van der Waals surface area contributed by atoms with Crippen molar-refractivity contribution < 1.29 is 9.53 Å². The van der Waals surface area contributed by atoms with Crippen molar-refractivity contribution in [1.82, 2.24) is 4.98 Å². The van der Waals surface area contributed by atoms with E-state index in [4.69, 9.17) is 16.3 Å². The van der Waals surface area contributed by atoms with Crippen LogP contribution in [0.15, 0.2) is 60.3 Å². The molecule has 0 saturated heterocycles. The molecule has 1 aromatic heterocycles. The van der Waals surface area contributed by atoms with Crippen LogP contribution in [0, 0.1) is 11.3 Å². The van der Waals surface area contributed by atoms with Gasteiger partial charge in [-0.25, -0.2) is 4.98 Å². The first kappa shape index (κ1) is 20.6. The monoisotopic (exact) mass is 423 g/mol. The number of amides is 1. The maximum atomic E-state index is 12.5. The van der Waals surface area contributed by atoms with Crippen LogP contribution in [0.2, 0.25) is 5.02 Å². The van der Waals surface area contributed by atoms with Crippen LogP contribution in [0.4, 0.5) is 5.13 Å². The van der Waals surface area contributed by atoms with Gasteiger partial charge in [0, 0.05) is 22.5 Å². The normalized spacial score (nSPS) is 11.0. The molecule has 5 nitrogen and oxygen atoms in total. The number of thiazole rings is 1. The van der Waals surface area contributed by atoms with E-state index in [1.807, 2.05) is 37.3 Å². The molecule has 0 aliphatic rings. The van der Waals surface area contributed by atoms with Gasteiger partial charge in [0.05, 0.1) is 6.61 Å². The van der Waals surface area contributed by atoms with E-state index in [-0.39, 0.29) is 5.57 Å². The maximum Gasteiger partial charge on any atom is 0.268 e. The summed E-state index contributed by atoms with van der Waals surface area (Å²) in [6, 6.07) is 16.7. The highest BCUT2D eigenvalue weighted by Gasteiger charge is 2.13. The van der Waals surface area contributed by atoms with E-state index in [2.05, 4.69) is 10.3 Å². The van der Waals surface area contributed by atoms with Crippen molar-refractivity contribution in [3.05, 3.63) is 81.3 Å². The van der Waals surface area contributed by atoms with E-state index in [0.717, 1.165) is 21.8 Å². The van der Waals surface area contributed by atoms with Crippen molar-refractivity contribution in [2.75, 3.05) is 11.9 Å². The summed E-state index contributed by atoms with van der Waals surface area (Å²) in [5, 5.41) is 13.2. The average molecular weight is 424 g/mol. The molecular weight excluding hydrogens is 406 g/mol. The van der Waals surface area contributed by atoms with Gasteiger partial charge >= 0.3 is 0 Å². The Labute approximate surface area is 178 Å². The number of aromatic nitrogens is 1. The number of rotatable bonds is 7. The first-order valence-electron chi connectivity index (χ1n) is 8.93. The zero-order valence-corrected chi connectivity index (χ0v) is 17.3. The van der Waals surface area contributed by atoms with E-state index < -0.39 is 5.91 Å². The summed E-state index contributed by atoms with van der Waals surface area (Å²) in [6.45, 7) is 2.48. The average Bonchev–Trinajstić information content (AvgIpc) is 3.16. The minimum atomic E-state index is -0.500. The fourth-order valence-electron chi connectivity index (χ4n) is 2.58. The summed E-state index contributed by atoms with van der Waals surface area (Å²) in [4.78, 5) is 17.6. The molecule has 0 unspecified atom stereocenters. The fraction of sp³-hybridized carbons (Fsp3) is 0.136. The molecule has 0 aliphatic heterocycles. The van der Waals surface area contributed by atoms with Gasteiger partial charge in [0.1, 0.15) is 17.4 Å². The molecule has 29 heavy (non-hydrogen) atoms. The molecule has 146 valence electrons. The lowest BCUT2D eigenvalue weighted by Gasteiger charge is -2.03. The molecule has 0 saturated carbocycles. The van der Waals surface area contributed by atoms with E-state index in [1.54, 1.807) is 30.5 Å². The van der Waals surface area contributed by atoms with E-state index >= 15 is 0 Å². The van der Waals surface area contributed by atoms with Crippen molar-refractivity contribution >= 4 is 40.1 Å². The minimum absolute atomic E-state index is 0.00277. The number of nitrogens with one attached hydrogen (secondary N) is 1. The summed E-state index contributed by atoms with van der Waals surface area (Å²) in [7, 11) is 0. The molecular formula is C22H18ClN3O2S. The standard InChI is InChI=1S/C22H18ClN3O2S/c1-2-28-18-9-7-15(8-10-18)11-17(13-24)21(27)26-22-25-14-19(29-22)12-16-5-3-4-6-20(16)23/h3-11,14H,2,12H2,1H3,(H,25,26,27). The number of nitrogens with zero attached hydrogens (tertiary/aromatic N) is 2. The first-order valence-corrected chi connectivity index (χ1v) is 10.1. The molecule has 7 heteroatoms. The number of nitriles is 1. The number of carbonyl (C=O) groups excluding carboxylic acids is 1. The quantitative estimate of drug-likeness (QED) is 0.411. The fourth-order valence-corrected chi connectivity index (χ4v) is 3.62. The molecule has 1 N–H and O–H groups in total. The predicted molar refractivity (Wildman–Crippen MR) is 116 cm³/mol. The third-order valence-corrected chi connectivity index (χ3v) is 5.25. The molecule has 0 bridgehead atoms. The Balaban J connectivity index is 1.67. The number of hydrogen-bond acceptors (Lipinski definition) is 5. The van der Waals surface area contributed by atoms with Gasteiger partial charge in [0.15, 0.2) is 5.13 Å². The Hall–Kier alpha value is -3.14. The summed E-state index contributed by atoms with van der Waals surface area (Å²) in [5.74, 6) is 0.237. The smallest absolute Gasteiger partial charge is 0.268 e. The summed E-state index contributed by atoms with van der Waals surface area (Å²) in [5.41, 5.74) is 1.72. The van der Waals surface area contributed by atoms with Crippen LogP contribution in [0.3, 0.4) is 0 Å². The molecule has 2 aromatic carbocycles. The van der Waals surface area contributed by atoms with Gasteiger partial charge in [-0.3, -0.25) is 10.1 Å². The Morgan fingerprint density at radius 1 is 1.28 bits per heavy atom. The van der Waals surface area contributed by atoms with Gasteiger partial charge in [-0.2, -0.15) is 5.26 Å². The zero-order valence-electron chi connectivity index (χ0n) is 15.7. The van der Waals surface area contributed by atoms with E-state index in [9.17, 15) is 10.1 Å². The van der Waals surface area contributed by atoms with Crippen molar-refractivity contribution in [2.24, 2.45) is 0 Å². The van der Waals surface area contributed by atoms with Gasteiger partial charge in [0.2, 0.25) is 0 Å². The van der Waals surface area contributed by atoms with Gasteiger partial charge < -0.3 is 4.74 Å². The van der Waals surface area contributed by atoms with Crippen LogP contribution in [-0.4, -0.2) is 17.5 Å². The molecule has 1 amide bonds. The Kier molecular flexibility index (Phi) is 7.01. The van der Waals surface area contributed by atoms with Crippen molar-refractivity contribution in [2.45, 2.75) is 13.3 Å². The second-order valence-corrected chi connectivity index (χ2v) is 7.55. The maximum absolute atomic E-state index is 12.5. The van der Waals surface area contributed by atoms with Crippen LogP contribution in [-0.2, 0) is 11.2 Å². The largest absolute Gasteiger partial charge is 0.494 e. The topological polar surface area (TPSA) is 75.0 Å². The lowest BCUT2D eigenvalue weighted by atomic mass is 10.1. The molecule has 3 rings (SSSR count). The molecule has 1 heterocycles. The lowest BCUT2D eigenvalue weighted by Crippen LogP contribution is -2.13. The van der Waals surface area contributed by atoms with Crippen molar-refractivity contribution in [1.29, 1.82) is 5.26 Å². The second kappa shape index (κ2) is 9.87. The van der Waals surface area contributed by atoms with Gasteiger partial charge in [0.25, 0.3) is 5.91 Å². The van der Waals surface area contributed by atoms with Crippen LogP contribution in [0.1, 0.15) is 22.9 Å². The highest BCUT2D eigenvalue weighted by molar-refractivity contribution is 7.15. The summed E-state index contributed by atoms with van der Waals surface area (Å²) in [6.07, 6.45) is 3.86. The minimum Gasteiger partial charge on any atom is -0.494 e. The molecule has 0 aliphatic carbocycles. The van der Waals surface area contributed by atoms with Crippen molar-refractivity contribution in [3.63, 3.8) is 0 Å². The van der Waals surface area contributed by atoms with Gasteiger partial charge in [-0.1, -0.05) is 41.9 Å². The number of carbonyl (C=O) groups is 1. The Morgan fingerprint density at radius 2 is 2.03 bits per heavy atom. The molecule has 0 atom stereocenters. The molecule has 0 radical (unpaired) electrons. The second-order valence-electron chi connectivity index (χ2n) is 6.03. The van der Waals surface area contributed by atoms with Gasteiger partial charge in [-0.05, 0) is 42.3 Å². The zero-order chi connectivity index (χ0) is 20.6. The number of hydrogen-bond donors (Lipinski definition) is 1. The number of anilines is 1.